The molecular formula is C16H12BrNS. The Morgan fingerprint density at radius 3 is 2.26 bits per heavy atom. The standard InChI is InChI=1S/C16H12BrNS/c1-11-7-9-13(10-8-11)16-18-14(15(17)19-16)12-5-3-2-4-6-12/h2-10H,1H3. The fraction of sp³-hybridized carbons (Fsp3) is 0.0625. The van der Waals surface area contributed by atoms with Gasteiger partial charge in [0.25, 0.3) is 0 Å². The minimum absolute atomic E-state index is 1.01. The minimum atomic E-state index is 1.01. The summed E-state index contributed by atoms with van der Waals surface area (Å²) in [6.45, 7) is 2.09. The second-order valence-corrected chi connectivity index (χ2v) is 6.69. The summed E-state index contributed by atoms with van der Waals surface area (Å²) >= 11 is 5.30. The highest BCUT2D eigenvalue weighted by atomic mass is 79.9. The molecule has 94 valence electrons. The molecule has 2 aromatic carbocycles. The maximum absolute atomic E-state index is 4.75. The third-order valence-corrected chi connectivity index (χ3v) is 4.69. The zero-order valence-corrected chi connectivity index (χ0v) is 12.8. The van der Waals surface area contributed by atoms with Crippen LogP contribution in [0.4, 0.5) is 0 Å². The van der Waals surface area contributed by atoms with E-state index < -0.39 is 0 Å². The van der Waals surface area contributed by atoms with Crippen LogP contribution in [0.2, 0.25) is 0 Å². The van der Waals surface area contributed by atoms with Gasteiger partial charge in [0, 0.05) is 11.1 Å². The summed E-state index contributed by atoms with van der Waals surface area (Å²) in [6.07, 6.45) is 0. The van der Waals surface area contributed by atoms with Crippen LogP contribution in [0, 0.1) is 6.92 Å². The van der Waals surface area contributed by atoms with Crippen LogP contribution in [-0.4, -0.2) is 4.98 Å². The van der Waals surface area contributed by atoms with Gasteiger partial charge in [-0.05, 0) is 22.9 Å². The molecule has 0 N–H and O–H groups in total. The average molecular weight is 330 g/mol. The van der Waals surface area contributed by atoms with Crippen LogP contribution in [0.5, 0.6) is 0 Å². The Kier molecular flexibility index (Phi) is 3.49. The van der Waals surface area contributed by atoms with Crippen LogP contribution in [-0.2, 0) is 0 Å². The molecule has 3 heteroatoms. The molecule has 0 amide bonds. The number of benzene rings is 2. The van der Waals surface area contributed by atoms with Crippen LogP contribution in [0.25, 0.3) is 21.8 Å². The van der Waals surface area contributed by atoms with Gasteiger partial charge in [0.15, 0.2) is 0 Å². The van der Waals surface area contributed by atoms with Crippen LogP contribution in [0.3, 0.4) is 0 Å². The lowest BCUT2D eigenvalue weighted by Gasteiger charge is -1.97. The third-order valence-electron chi connectivity index (χ3n) is 2.93. The number of nitrogens with zero attached hydrogens (tertiary/aromatic N) is 1. The molecule has 1 heterocycles. The van der Waals surface area contributed by atoms with Gasteiger partial charge in [-0.15, -0.1) is 11.3 Å². The molecule has 3 rings (SSSR count). The molecule has 0 aliphatic carbocycles. The molecule has 0 bridgehead atoms. The Hall–Kier alpha value is -1.45. The molecule has 0 unspecified atom stereocenters. The Bertz CT molecular complexity index is 687. The Balaban J connectivity index is 2.04. The summed E-state index contributed by atoms with van der Waals surface area (Å²) in [5, 5.41) is 1.05. The maximum Gasteiger partial charge on any atom is 0.125 e. The topological polar surface area (TPSA) is 12.9 Å². The van der Waals surface area contributed by atoms with E-state index in [1.165, 1.54) is 11.1 Å². The number of halogens is 1. The molecule has 0 fully saturated rings. The van der Waals surface area contributed by atoms with Crippen molar-refractivity contribution in [2.45, 2.75) is 6.92 Å². The lowest BCUT2D eigenvalue weighted by Crippen LogP contribution is -1.80. The van der Waals surface area contributed by atoms with E-state index in [1.54, 1.807) is 11.3 Å². The van der Waals surface area contributed by atoms with Crippen LogP contribution >= 0.6 is 27.3 Å². The smallest absolute Gasteiger partial charge is 0.125 e. The fourth-order valence-corrected chi connectivity index (χ4v) is 3.49. The minimum Gasteiger partial charge on any atom is -0.235 e. The number of aryl methyl sites for hydroxylation is 1. The van der Waals surface area contributed by atoms with Gasteiger partial charge in [-0.1, -0.05) is 60.2 Å². The third kappa shape index (κ3) is 2.62. The van der Waals surface area contributed by atoms with Crippen molar-refractivity contribution < 1.29 is 0 Å². The number of hydrogen-bond donors (Lipinski definition) is 0. The van der Waals surface area contributed by atoms with E-state index >= 15 is 0 Å². The van der Waals surface area contributed by atoms with Gasteiger partial charge in [-0.2, -0.15) is 0 Å². The highest BCUT2D eigenvalue weighted by Gasteiger charge is 2.11. The zero-order valence-electron chi connectivity index (χ0n) is 10.4. The lowest BCUT2D eigenvalue weighted by atomic mass is 10.1. The predicted octanol–water partition coefficient (Wildman–Crippen LogP) is 5.55. The van der Waals surface area contributed by atoms with Gasteiger partial charge >= 0.3 is 0 Å². The first-order valence-electron chi connectivity index (χ1n) is 6.03. The highest BCUT2D eigenvalue weighted by Crippen LogP contribution is 2.37. The maximum atomic E-state index is 4.75. The number of thiazole rings is 1. The van der Waals surface area contributed by atoms with E-state index in [1.807, 2.05) is 18.2 Å². The van der Waals surface area contributed by atoms with Crippen molar-refractivity contribution in [2.24, 2.45) is 0 Å². The van der Waals surface area contributed by atoms with Crippen LogP contribution in [0.1, 0.15) is 5.56 Å². The summed E-state index contributed by atoms with van der Waals surface area (Å²) in [6, 6.07) is 18.7. The van der Waals surface area contributed by atoms with E-state index in [4.69, 9.17) is 4.98 Å². The van der Waals surface area contributed by atoms with E-state index in [9.17, 15) is 0 Å². The SMILES string of the molecule is Cc1ccc(-c2nc(-c3ccccc3)c(Br)s2)cc1. The molecule has 3 aromatic rings. The summed E-state index contributed by atoms with van der Waals surface area (Å²) < 4.78 is 1.08. The Labute approximate surface area is 125 Å². The summed E-state index contributed by atoms with van der Waals surface area (Å²) in [7, 11) is 0. The first kappa shape index (κ1) is 12.6. The van der Waals surface area contributed by atoms with Gasteiger partial charge in [-0.3, -0.25) is 0 Å². The van der Waals surface area contributed by atoms with Crippen molar-refractivity contribution in [1.82, 2.24) is 4.98 Å². The van der Waals surface area contributed by atoms with Crippen molar-refractivity contribution >= 4 is 27.3 Å². The lowest BCUT2D eigenvalue weighted by molar-refractivity contribution is 1.38. The van der Waals surface area contributed by atoms with E-state index in [0.29, 0.717) is 0 Å². The van der Waals surface area contributed by atoms with E-state index in [0.717, 1.165) is 20.1 Å². The summed E-state index contributed by atoms with van der Waals surface area (Å²) in [5.74, 6) is 0. The molecule has 1 aromatic heterocycles. The van der Waals surface area contributed by atoms with Gasteiger partial charge < -0.3 is 0 Å². The molecule has 0 saturated heterocycles. The second-order valence-electron chi connectivity index (χ2n) is 4.37. The Morgan fingerprint density at radius 2 is 1.58 bits per heavy atom. The number of hydrogen-bond acceptors (Lipinski definition) is 2. The average Bonchev–Trinajstić information content (AvgIpc) is 2.83. The largest absolute Gasteiger partial charge is 0.235 e. The van der Waals surface area contributed by atoms with Crippen molar-refractivity contribution in [2.75, 3.05) is 0 Å². The van der Waals surface area contributed by atoms with Crippen molar-refractivity contribution in [1.29, 1.82) is 0 Å². The highest BCUT2D eigenvalue weighted by molar-refractivity contribution is 9.11. The zero-order chi connectivity index (χ0) is 13.2. The molecule has 0 radical (unpaired) electrons. The predicted molar refractivity (Wildman–Crippen MR) is 85.4 cm³/mol. The second kappa shape index (κ2) is 5.27. The van der Waals surface area contributed by atoms with Gasteiger partial charge in [-0.25, -0.2) is 4.98 Å². The van der Waals surface area contributed by atoms with Crippen LogP contribution < -0.4 is 0 Å². The monoisotopic (exact) mass is 329 g/mol. The molecule has 0 spiro atoms. The van der Waals surface area contributed by atoms with Gasteiger partial charge in [0.05, 0.1) is 9.48 Å². The van der Waals surface area contributed by atoms with Crippen molar-refractivity contribution in [3.8, 4) is 21.8 Å². The number of rotatable bonds is 2. The first-order chi connectivity index (χ1) is 9.24. The molecule has 0 aliphatic heterocycles. The molecule has 19 heavy (non-hydrogen) atoms. The summed E-state index contributed by atoms with van der Waals surface area (Å²) in [5.41, 5.74) is 4.59. The molecule has 0 aliphatic rings. The normalized spacial score (nSPS) is 10.6. The molecule has 1 nitrogen and oxygen atoms in total. The summed E-state index contributed by atoms with van der Waals surface area (Å²) in [4.78, 5) is 4.75. The molecule has 0 atom stereocenters. The first-order valence-corrected chi connectivity index (χ1v) is 7.64. The van der Waals surface area contributed by atoms with E-state index in [-0.39, 0.29) is 0 Å². The van der Waals surface area contributed by atoms with Crippen molar-refractivity contribution in [3.05, 3.63) is 63.9 Å². The molecular weight excluding hydrogens is 318 g/mol. The van der Waals surface area contributed by atoms with Crippen molar-refractivity contribution in [3.63, 3.8) is 0 Å². The Morgan fingerprint density at radius 1 is 0.895 bits per heavy atom. The van der Waals surface area contributed by atoms with Gasteiger partial charge in [0.2, 0.25) is 0 Å². The van der Waals surface area contributed by atoms with Crippen LogP contribution in [0.15, 0.2) is 58.4 Å². The molecule has 0 saturated carbocycles. The van der Waals surface area contributed by atoms with Gasteiger partial charge in [0.1, 0.15) is 5.01 Å². The van der Waals surface area contributed by atoms with E-state index in [2.05, 4.69) is 59.3 Å². The quantitative estimate of drug-likeness (QED) is 0.600. The number of aromatic nitrogens is 1. The fourth-order valence-electron chi connectivity index (χ4n) is 1.90.